The highest BCUT2D eigenvalue weighted by molar-refractivity contribution is 5.90. The molecule has 0 aliphatic heterocycles. The van der Waals surface area contributed by atoms with Gasteiger partial charge in [0.2, 0.25) is 5.91 Å². The minimum absolute atomic E-state index is 0.0418. The first kappa shape index (κ1) is 15.9. The molecule has 1 aliphatic carbocycles. The molecule has 1 fully saturated rings. The van der Waals surface area contributed by atoms with Gasteiger partial charge in [0.05, 0.1) is 12.2 Å². The van der Waals surface area contributed by atoms with E-state index in [9.17, 15) is 4.79 Å². The Morgan fingerprint density at radius 2 is 2.04 bits per heavy atom. The van der Waals surface area contributed by atoms with Gasteiger partial charge in [0.25, 0.3) is 0 Å². The molecule has 25 heavy (non-hydrogen) atoms. The molecule has 6 heteroatoms. The van der Waals surface area contributed by atoms with E-state index in [4.69, 9.17) is 4.42 Å². The summed E-state index contributed by atoms with van der Waals surface area (Å²) in [6.45, 7) is 0. The zero-order valence-electron chi connectivity index (χ0n) is 14.1. The first-order valence-corrected chi connectivity index (χ1v) is 8.97. The van der Waals surface area contributed by atoms with Crippen molar-refractivity contribution in [3.8, 4) is 0 Å². The number of fused-ring (bicyclic) bond motifs is 1. The summed E-state index contributed by atoms with van der Waals surface area (Å²) in [5, 5.41) is 7.40. The van der Waals surface area contributed by atoms with Crippen LogP contribution in [0.1, 0.15) is 50.5 Å². The highest BCUT2D eigenvalue weighted by Gasteiger charge is 2.19. The highest BCUT2D eigenvalue weighted by Crippen LogP contribution is 2.29. The lowest BCUT2D eigenvalue weighted by atomic mass is 9.96. The van der Waals surface area contributed by atoms with E-state index in [-0.39, 0.29) is 5.91 Å². The number of carbonyl (C=O) groups is 1. The van der Waals surface area contributed by atoms with Crippen LogP contribution in [0, 0.1) is 0 Å². The maximum atomic E-state index is 12.3. The summed E-state index contributed by atoms with van der Waals surface area (Å²) in [6, 6.07) is 9.90. The van der Waals surface area contributed by atoms with Crippen LogP contribution in [-0.2, 0) is 11.2 Å². The molecule has 1 aliphatic rings. The molecule has 0 saturated heterocycles. The van der Waals surface area contributed by atoms with Crippen molar-refractivity contribution in [2.75, 3.05) is 5.32 Å². The van der Waals surface area contributed by atoms with Crippen molar-refractivity contribution in [3.63, 3.8) is 0 Å². The number of oxazole rings is 1. The van der Waals surface area contributed by atoms with Crippen LogP contribution < -0.4 is 5.32 Å². The number of carbonyl (C=O) groups excluding carboxylic acids is 1. The molecule has 0 spiro atoms. The van der Waals surface area contributed by atoms with Gasteiger partial charge in [0.15, 0.2) is 11.5 Å². The maximum absolute atomic E-state index is 12.3. The number of aryl methyl sites for hydroxylation is 1. The van der Waals surface area contributed by atoms with Crippen LogP contribution in [0.15, 0.2) is 40.9 Å². The van der Waals surface area contributed by atoms with Gasteiger partial charge in [-0.05, 0) is 25.0 Å². The van der Waals surface area contributed by atoms with Gasteiger partial charge in [-0.25, -0.2) is 9.67 Å². The molecule has 1 amide bonds. The number of hydrogen-bond acceptors (Lipinski definition) is 4. The number of anilines is 1. The predicted octanol–water partition coefficient (Wildman–Crippen LogP) is 4.10. The zero-order chi connectivity index (χ0) is 17.1. The molecule has 1 N–H and O–H groups in total. The number of hydrogen-bond donors (Lipinski definition) is 1. The van der Waals surface area contributed by atoms with Crippen molar-refractivity contribution in [1.82, 2.24) is 14.8 Å². The Morgan fingerprint density at radius 1 is 1.20 bits per heavy atom. The van der Waals surface area contributed by atoms with Crippen molar-refractivity contribution in [1.29, 1.82) is 0 Å². The smallest absolute Gasteiger partial charge is 0.226 e. The second-order valence-corrected chi connectivity index (χ2v) is 6.58. The van der Waals surface area contributed by atoms with Crippen molar-refractivity contribution in [2.24, 2.45) is 0 Å². The molecule has 1 saturated carbocycles. The Hall–Kier alpha value is -2.63. The number of nitrogens with one attached hydrogen (secondary N) is 1. The molecule has 130 valence electrons. The number of aromatic nitrogens is 3. The van der Waals surface area contributed by atoms with Gasteiger partial charge in [0, 0.05) is 18.9 Å². The summed E-state index contributed by atoms with van der Waals surface area (Å²) in [6.07, 6.45) is 8.60. The third-order valence-corrected chi connectivity index (χ3v) is 4.76. The first-order valence-electron chi connectivity index (χ1n) is 8.97. The lowest BCUT2D eigenvalue weighted by Gasteiger charge is -2.23. The fourth-order valence-electron chi connectivity index (χ4n) is 3.48. The molecule has 2 heterocycles. The van der Waals surface area contributed by atoms with Crippen LogP contribution >= 0.6 is 0 Å². The zero-order valence-corrected chi connectivity index (χ0v) is 14.1. The fraction of sp³-hybridized carbons (Fsp3) is 0.421. The number of nitrogens with zero attached hydrogens (tertiary/aromatic N) is 3. The SMILES string of the molecule is O=C(CCc1nc2ccccc2o1)Nc1ccnn1C1CCCCC1. The average molecular weight is 338 g/mol. The Morgan fingerprint density at radius 3 is 2.88 bits per heavy atom. The molecule has 6 nitrogen and oxygen atoms in total. The van der Waals surface area contributed by atoms with Gasteiger partial charge in [-0.2, -0.15) is 5.10 Å². The summed E-state index contributed by atoms with van der Waals surface area (Å²) in [4.78, 5) is 16.7. The summed E-state index contributed by atoms with van der Waals surface area (Å²) < 4.78 is 7.63. The highest BCUT2D eigenvalue weighted by atomic mass is 16.3. The molecule has 0 atom stereocenters. The van der Waals surface area contributed by atoms with Crippen molar-refractivity contribution in [3.05, 3.63) is 42.4 Å². The third kappa shape index (κ3) is 3.57. The summed E-state index contributed by atoms with van der Waals surface area (Å²) in [7, 11) is 0. The van der Waals surface area contributed by atoms with Crippen LogP contribution in [0.4, 0.5) is 5.82 Å². The molecule has 0 bridgehead atoms. The van der Waals surface area contributed by atoms with E-state index >= 15 is 0 Å². The molecular weight excluding hydrogens is 316 g/mol. The lowest BCUT2D eigenvalue weighted by Crippen LogP contribution is -2.20. The van der Waals surface area contributed by atoms with Gasteiger partial charge >= 0.3 is 0 Å². The molecule has 2 aromatic heterocycles. The maximum Gasteiger partial charge on any atom is 0.226 e. The lowest BCUT2D eigenvalue weighted by molar-refractivity contribution is -0.116. The predicted molar refractivity (Wildman–Crippen MR) is 95.3 cm³/mol. The van der Waals surface area contributed by atoms with Gasteiger partial charge in [-0.1, -0.05) is 31.4 Å². The van der Waals surface area contributed by atoms with Crippen molar-refractivity contribution < 1.29 is 9.21 Å². The Balaban J connectivity index is 1.37. The molecule has 0 radical (unpaired) electrons. The summed E-state index contributed by atoms with van der Waals surface area (Å²) in [5.74, 6) is 1.34. The monoisotopic (exact) mass is 338 g/mol. The summed E-state index contributed by atoms with van der Waals surface area (Å²) in [5.41, 5.74) is 1.58. The number of para-hydroxylation sites is 2. The second-order valence-electron chi connectivity index (χ2n) is 6.58. The average Bonchev–Trinajstić information content (AvgIpc) is 3.27. The molecule has 3 aromatic rings. The van der Waals surface area contributed by atoms with E-state index < -0.39 is 0 Å². The van der Waals surface area contributed by atoms with Crippen LogP contribution in [0.3, 0.4) is 0 Å². The quantitative estimate of drug-likeness (QED) is 0.760. The fourth-order valence-corrected chi connectivity index (χ4v) is 3.48. The van der Waals surface area contributed by atoms with E-state index in [0.717, 1.165) is 29.8 Å². The first-order chi connectivity index (χ1) is 12.3. The molecule has 4 rings (SSSR count). The molecule has 0 unspecified atom stereocenters. The largest absolute Gasteiger partial charge is 0.441 e. The minimum Gasteiger partial charge on any atom is -0.441 e. The third-order valence-electron chi connectivity index (χ3n) is 4.76. The van der Waals surface area contributed by atoms with Gasteiger partial charge < -0.3 is 9.73 Å². The summed E-state index contributed by atoms with van der Waals surface area (Å²) >= 11 is 0. The number of rotatable bonds is 5. The number of amides is 1. The number of benzene rings is 1. The van der Waals surface area contributed by atoms with Gasteiger partial charge in [-0.15, -0.1) is 0 Å². The Kier molecular flexibility index (Phi) is 4.50. The minimum atomic E-state index is -0.0418. The van der Waals surface area contributed by atoms with E-state index in [1.165, 1.54) is 19.3 Å². The molecular formula is C19H22N4O2. The van der Waals surface area contributed by atoms with Crippen LogP contribution in [0.25, 0.3) is 11.1 Å². The standard InChI is InChI=1S/C19H22N4O2/c24-18(10-11-19-21-15-8-4-5-9-16(15)25-19)22-17-12-13-20-23(17)14-6-2-1-3-7-14/h4-5,8-9,12-14H,1-3,6-7,10-11H2,(H,22,24). The topological polar surface area (TPSA) is 73.0 Å². The van der Waals surface area contributed by atoms with E-state index in [1.54, 1.807) is 6.20 Å². The van der Waals surface area contributed by atoms with Crippen LogP contribution in [0.5, 0.6) is 0 Å². The van der Waals surface area contributed by atoms with Crippen molar-refractivity contribution in [2.45, 2.75) is 51.0 Å². The van der Waals surface area contributed by atoms with Crippen LogP contribution in [0.2, 0.25) is 0 Å². The Bertz CT molecular complexity index is 828. The second kappa shape index (κ2) is 7.09. The van der Waals surface area contributed by atoms with Gasteiger partial charge in [-0.3, -0.25) is 4.79 Å². The van der Waals surface area contributed by atoms with Crippen LogP contribution in [-0.4, -0.2) is 20.7 Å². The Labute approximate surface area is 146 Å². The van der Waals surface area contributed by atoms with E-state index in [1.807, 2.05) is 35.0 Å². The van der Waals surface area contributed by atoms with E-state index in [0.29, 0.717) is 24.8 Å². The van der Waals surface area contributed by atoms with E-state index in [2.05, 4.69) is 15.4 Å². The molecule has 1 aromatic carbocycles. The normalized spacial score (nSPS) is 15.5. The van der Waals surface area contributed by atoms with Gasteiger partial charge in [0.1, 0.15) is 11.3 Å². The van der Waals surface area contributed by atoms with Crippen molar-refractivity contribution >= 4 is 22.8 Å².